The average molecular weight is 460 g/mol. The number of carbonyl (C=O) groups is 3. The van der Waals surface area contributed by atoms with Crippen molar-refractivity contribution in [3.63, 3.8) is 0 Å². The Morgan fingerprint density at radius 3 is 2.41 bits per heavy atom. The lowest BCUT2D eigenvalue weighted by Crippen LogP contribution is -2.51. The van der Waals surface area contributed by atoms with Crippen LogP contribution in [0.1, 0.15) is 44.6 Å². The van der Waals surface area contributed by atoms with Crippen molar-refractivity contribution in [1.29, 1.82) is 0 Å². The Hall–Kier alpha value is -2.26. The molecule has 3 amide bonds. The highest BCUT2D eigenvalue weighted by molar-refractivity contribution is 7.88. The Morgan fingerprint density at radius 2 is 1.72 bits per heavy atom. The van der Waals surface area contributed by atoms with E-state index in [0.29, 0.717) is 37.9 Å². The number of fused-ring (bicyclic) bond motifs is 1. The molecule has 8 nitrogen and oxygen atoms in total. The lowest BCUT2D eigenvalue weighted by molar-refractivity contribution is -0.146. The summed E-state index contributed by atoms with van der Waals surface area (Å²) < 4.78 is 27.6. The third-order valence-electron chi connectivity index (χ3n) is 7.38. The summed E-state index contributed by atoms with van der Waals surface area (Å²) in [5.74, 6) is -1.17. The summed E-state index contributed by atoms with van der Waals surface area (Å²) in [4.78, 5) is 42.3. The number of nitrogens with zero attached hydrogens (tertiary/aromatic N) is 3. The summed E-state index contributed by atoms with van der Waals surface area (Å²) in [7, 11) is -3.66. The highest BCUT2D eigenvalue weighted by Gasteiger charge is 2.57. The number of hydrogen-bond donors (Lipinski definition) is 0. The molecule has 1 aromatic rings. The van der Waals surface area contributed by atoms with E-state index in [1.54, 1.807) is 36.1 Å². The van der Waals surface area contributed by atoms with Crippen LogP contribution in [0.3, 0.4) is 0 Å². The smallest absolute Gasteiger partial charge is 0.241 e. The zero-order valence-corrected chi connectivity index (χ0v) is 19.0. The lowest BCUT2D eigenvalue weighted by atomic mass is 10.0. The average Bonchev–Trinajstić information content (AvgIpc) is 3.24. The number of imide groups is 1. The van der Waals surface area contributed by atoms with Gasteiger partial charge in [-0.2, -0.15) is 4.31 Å². The van der Waals surface area contributed by atoms with Crippen molar-refractivity contribution in [3.8, 4) is 0 Å². The molecule has 3 saturated heterocycles. The summed E-state index contributed by atoms with van der Waals surface area (Å²) >= 11 is 0. The molecule has 4 aliphatic rings. The fourth-order valence-electron chi connectivity index (χ4n) is 5.65. The predicted octanol–water partition coefficient (Wildman–Crippen LogP) is 1.37. The minimum Gasteiger partial charge on any atom is -0.335 e. The zero-order valence-electron chi connectivity index (χ0n) is 18.2. The molecule has 1 aromatic carbocycles. The van der Waals surface area contributed by atoms with Gasteiger partial charge in [0.25, 0.3) is 0 Å². The molecule has 172 valence electrons. The van der Waals surface area contributed by atoms with E-state index in [-0.39, 0.29) is 41.5 Å². The molecule has 0 spiro atoms. The fourth-order valence-corrected chi connectivity index (χ4v) is 7.42. The molecule has 0 radical (unpaired) electrons. The Balaban J connectivity index is 1.35. The van der Waals surface area contributed by atoms with Gasteiger partial charge in [0, 0.05) is 19.0 Å². The van der Waals surface area contributed by atoms with Gasteiger partial charge >= 0.3 is 0 Å². The first-order chi connectivity index (χ1) is 15.3. The molecule has 32 heavy (non-hydrogen) atoms. The van der Waals surface area contributed by atoms with Gasteiger partial charge in [-0.1, -0.05) is 37.3 Å². The van der Waals surface area contributed by atoms with Crippen LogP contribution in [0.4, 0.5) is 0 Å². The van der Waals surface area contributed by atoms with Crippen LogP contribution in [-0.4, -0.2) is 71.5 Å². The highest BCUT2D eigenvalue weighted by Crippen LogP contribution is 2.41. The second-order valence-electron chi connectivity index (χ2n) is 9.50. The molecule has 1 aliphatic carbocycles. The molecule has 3 heterocycles. The summed E-state index contributed by atoms with van der Waals surface area (Å²) in [5.41, 5.74) is 0.691. The van der Waals surface area contributed by atoms with Crippen LogP contribution in [0, 0.1) is 11.8 Å². The molecule has 4 atom stereocenters. The molecule has 0 unspecified atom stereocenters. The summed E-state index contributed by atoms with van der Waals surface area (Å²) in [5, 5.41) is 0. The highest BCUT2D eigenvalue weighted by atomic mass is 32.2. The van der Waals surface area contributed by atoms with Crippen LogP contribution in [-0.2, 0) is 30.2 Å². The van der Waals surface area contributed by atoms with E-state index in [4.69, 9.17) is 0 Å². The molecule has 4 fully saturated rings. The third kappa shape index (κ3) is 3.55. The van der Waals surface area contributed by atoms with Gasteiger partial charge < -0.3 is 4.90 Å². The summed E-state index contributed by atoms with van der Waals surface area (Å²) in [6, 6.07) is 7.59. The van der Waals surface area contributed by atoms with Crippen molar-refractivity contribution in [2.45, 2.75) is 62.9 Å². The molecular weight excluding hydrogens is 430 g/mol. The maximum absolute atomic E-state index is 13.6. The maximum Gasteiger partial charge on any atom is 0.241 e. The van der Waals surface area contributed by atoms with Crippen LogP contribution in [0.25, 0.3) is 0 Å². The van der Waals surface area contributed by atoms with Crippen LogP contribution in [0.2, 0.25) is 0 Å². The van der Waals surface area contributed by atoms with Crippen molar-refractivity contribution in [3.05, 3.63) is 35.9 Å². The van der Waals surface area contributed by atoms with Gasteiger partial charge in [0.1, 0.15) is 6.04 Å². The molecule has 0 aromatic heterocycles. The standard InChI is InChI=1S/C23H29N3O5S/c1-15-20-18(26(21(15)27)22(28)17-9-10-17)11-13-24(20)23(29)19-8-5-12-25(19)32(30,31)14-16-6-3-2-4-7-16/h2-4,6-7,15,17-20H,5,8-14H2,1H3/t15-,18-,19-,20+/m0/s1. The van der Waals surface area contributed by atoms with Gasteiger partial charge in [-0.15, -0.1) is 0 Å². The number of carbonyl (C=O) groups excluding carboxylic acids is 3. The van der Waals surface area contributed by atoms with Crippen molar-refractivity contribution in [1.82, 2.24) is 14.1 Å². The normalized spacial score (nSPS) is 30.7. The van der Waals surface area contributed by atoms with E-state index in [9.17, 15) is 22.8 Å². The number of hydrogen-bond acceptors (Lipinski definition) is 5. The lowest BCUT2D eigenvalue weighted by Gasteiger charge is -2.31. The van der Waals surface area contributed by atoms with Gasteiger partial charge in [0.15, 0.2) is 0 Å². The molecule has 1 saturated carbocycles. The first-order valence-electron chi connectivity index (χ1n) is 11.5. The van der Waals surface area contributed by atoms with E-state index in [1.165, 1.54) is 9.21 Å². The first kappa shape index (κ1) is 21.6. The van der Waals surface area contributed by atoms with Crippen LogP contribution >= 0.6 is 0 Å². The summed E-state index contributed by atoms with van der Waals surface area (Å²) in [6.45, 7) is 2.56. The van der Waals surface area contributed by atoms with E-state index >= 15 is 0 Å². The number of amides is 3. The van der Waals surface area contributed by atoms with Gasteiger partial charge in [-0.25, -0.2) is 8.42 Å². The molecule has 0 bridgehead atoms. The second-order valence-corrected chi connectivity index (χ2v) is 11.4. The van der Waals surface area contributed by atoms with Gasteiger partial charge in [0.05, 0.1) is 23.8 Å². The van der Waals surface area contributed by atoms with Gasteiger partial charge in [0.2, 0.25) is 27.7 Å². The van der Waals surface area contributed by atoms with Crippen molar-refractivity contribution >= 4 is 27.7 Å². The Bertz CT molecular complexity index is 1040. The monoisotopic (exact) mass is 459 g/mol. The number of benzene rings is 1. The van der Waals surface area contributed by atoms with E-state index < -0.39 is 22.0 Å². The second kappa shape index (κ2) is 7.95. The zero-order chi connectivity index (χ0) is 22.6. The van der Waals surface area contributed by atoms with Crippen molar-refractivity contribution in [2.24, 2.45) is 11.8 Å². The minimum absolute atomic E-state index is 0.0527. The van der Waals surface area contributed by atoms with Gasteiger partial charge in [-0.3, -0.25) is 19.3 Å². The number of rotatable bonds is 5. The van der Waals surface area contributed by atoms with E-state index in [2.05, 4.69) is 0 Å². The largest absolute Gasteiger partial charge is 0.335 e. The Morgan fingerprint density at radius 1 is 1.00 bits per heavy atom. The maximum atomic E-state index is 13.6. The minimum atomic E-state index is -3.66. The molecule has 3 aliphatic heterocycles. The van der Waals surface area contributed by atoms with Gasteiger partial charge in [-0.05, 0) is 37.7 Å². The number of sulfonamides is 1. The van der Waals surface area contributed by atoms with Crippen molar-refractivity contribution in [2.75, 3.05) is 13.1 Å². The molecule has 5 rings (SSSR count). The Labute approximate surface area is 188 Å². The Kier molecular flexibility index (Phi) is 5.36. The number of likely N-dealkylation sites (tertiary alicyclic amines) is 2. The predicted molar refractivity (Wildman–Crippen MR) is 116 cm³/mol. The third-order valence-corrected chi connectivity index (χ3v) is 9.23. The SMILES string of the molecule is C[C@@H]1C(=O)N(C(=O)C2CC2)[C@H]2CCN(C(=O)[C@@H]3CCCN3S(=O)(=O)Cc3ccccc3)[C@H]12. The van der Waals surface area contributed by atoms with Crippen LogP contribution in [0.15, 0.2) is 30.3 Å². The summed E-state index contributed by atoms with van der Waals surface area (Å²) in [6.07, 6.45) is 3.33. The topological polar surface area (TPSA) is 95.1 Å². The first-order valence-corrected chi connectivity index (χ1v) is 13.1. The quantitative estimate of drug-likeness (QED) is 0.620. The molecule has 9 heteroatoms. The van der Waals surface area contributed by atoms with Crippen LogP contribution in [0.5, 0.6) is 0 Å². The van der Waals surface area contributed by atoms with E-state index in [0.717, 1.165) is 12.8 Å². The molecular formula is C23H29N3O5S. The fraction of sp³-hybridized carbons (Fsp3) is 0.609. The van der Waals surface area contributed by atoms with Crippen LogP contribution < -0.4 is 0 Å². The van der Waals surface area contributed by atoms with E-state index in [1.807, 2.05) is 6.07 Å². The van der Waals surface area contributed by atoms with Crippen molar-refractivity contribution < 1.29 is 22.8 Å². The molecule has 0 N–H and O–H groups in total.